The van der Waals surface area contributed by atoms with Crippen LogP contribution in [0.25, 0.3) is 0 Å². The zero-order chi connectivity index (χ0) is 9.40. The maximum absolute atomic E-state index is 10.2. The zero-order valence-electron chi connectivity index (χ0n) is 6.86. The normalized spacial score (nSPS) is 11.8. The van der Waals surface area contributed by atoms with Gasteiger partial charge in [0.25, 0.3) is 0 Å². The van der Waals surface area contributed by atoms with Gasteiger partial charge in [-0.3, -0.25) is 4.79 Å². The standard InChI is InChI=1S/C9H13NO2/c1-2-3-8(6-7-10)4-5-9(11)12/h2-3,6-7H,1,4-5,10H2,(H,11,12)/b7-6-,8-3-. The van der Waals surface area contributed by atoms with Crippen LogP contribution < -0.4 is 5.73 Å². The fraction of sp³-hybridized carbons (Fsp3) is 0.222. The van der Waals surface area contributed by atoms with E-state index in [1.54, 1.807) is 18.2 Å². The van der Waals surface area contributed by atoms with E-state index >= 15 is 0 Å². The molecule has 66 valence electrons. The average molecular weight is 167 g/mol. The lowest BCUT2D eigenvalue weighted by Gasteiger charge is -1.96. The SMILES string of the molecule is C=C/C=C(\C=C/N)CCC(=O)O. The Morgan fingerprint density at radius 1 is 1.50 bits per heavy atom. The molecule has 0 saturated carbocycles. The van der Waals surface area contributed by atoms with Gasteiger partial charge in [-0.25, -0.2) is 0 Å². The molecule has 0 aromatic carbocycles. The molecule has 0 aliphatic carbocycles. The van der Waals surface area contributed by atoms with Crippen molar-refractivity contribution in [2.24, 2.45) is 5.73 Å². The molecule has 0 aromatic heterocycles. The molecule has 0 saturated heterocycles. The Bertz CT molecular complexity index is 217. The average Bonchev–Trinajstić information content (AvgIpc) is 2.01. The van der Waals surface area contributed by atoms with E-state index in [1.165, 1.54) is 6.20 Å². The molecule has 0 bridgehead atoms. The van der Waals surface area contributed by atoms with Crippen LogP contribution in [-0.2, 0) is 4.79 Å². The minimum absolute atomic E-state index is 0.115. The third-order valence-electron chi connectivity index (χ3n) is 1.27. The van der Waals surface area contributed by atoms with E-state index in [2.05, 4.69) is 6.58 Å². The van der Waals surface area contributed by atoms with Crippen LogP contribution in [0.4, 0.5) is 0 Å². The monoisotopic (exact) mass is 167 g/mol. The van der Waals surface area contributed by atoms with Gasteiger partial charge >= 0.3 is 5.97 Å². The van der Waals surface area contributed by atoms with Gasteiger partial charge in [0.15, 0.2) is 0 Å². The summed E-state index contributed by atoms with van der Waals surface area (Å²) in [6, 6.07) is 0. The van der Waals surface area contributed by atoms with Crippen molar-refractivity contribution in [2.45, 2.75) is 12.8 Å². The number of carbonyl (C=O) groups is 1. The van der Waals surface area contributed by atoms with Crippen molar-refractivity contribution < 1.29 is 9.90 Å². The van der Waals surface area contributed by atoms with Crippen LogP contribution in [-0.4, -0.2) is 11.1 Å². The van der Waals surface area contributed by atoms with Crippen molar-refractivity contribution in [1.29, 1.82) is 0 Å². The summed E-state index contributed by atoms with van der Waals surface area (Å²) in [5, 5.41) is 8.39. The van der Waals surface area contributed by atoms with Gasteiger partial charge in [0.2, 0.25) is 0 Å². The number of carboxylic acid groups (broad SMARTS) is 1. The minimum Gasteiger partial charge on any atom is -0.481 e. The molecular weight excluding hydrogens is 154 g/mol. The zero-order valence-corrected chi connectivity index (χ0v) is 6.86. The topological polar surface area (TPSA) is 63.3 Å². The highest BCUT2D eigenvalue weighted by molar-refractivity contribution is 5.67. The fourth-order valence-corrected chi connectivity index (χ4v) is 0.748. The van der Waals surface area contributed by atoms with Crippen molar-refractivity contribution in [3.8, 4) is 0 Å². The summed E-state index contributed by atoms with van der Waals surface area (Å²) in [5.41, 5.74) is 6.03. The fourth-order valence-electron chi connectivity index (χ4n) is 0.748. The van der Waals surface area contributed by atoms with E-state index in [0.29, 0.717) is 6.42 Å². The molecule has 0 rings (SSSR count). The Morgan fingerprint density at radius 3 is 2.58 bits per heavy atom. The van der Waals surface area contributed by atoms with E-state index in [-0.39, 0.29) is 6.42 Å². The van der Waals surface area contributed by atoms with Crippen molar-refractivity contribution >= 4 is 5.97 Å². The quantitative estimate of drug-likeness (QED) is 0.609. The first kappa shape index (κ1) is 10.5. The molecule has 3 nitrogen and oxygen atoms in total. The molecule has 0 aliphatic heterocycles. The van der Waals surface area contributed by atoms with Gasteiger partial charge < -0.3 is 10.8 Å². The van der Waals surface area contributed by atoms with Crippen molar-refractivity contribution in [1.82, 2.24) is 0 Å². The smallest absolute Gasteiger partial charge is 0.303 e. The van der Waals surface area contributed by atoms with Crippen LogP contribution in [0.1, 0.15) is 12.8 Å². The molecular formula is C9H13NO2. The highest BCUT2D eigenvalue weighted by Gasteiger charge is 1.97. The number of aliphatic carboxylic acids is 1. The largest absolute Gasteiger partial charge is 0.481 e. The van der Waals surface area contributed by atoms with E-state index in [1.807, 2.05) is 0 Å². The summed E-state index contributed by atoms with van der Waals surface area (Å²) >= 11 is 0. The Balaban J connectivity index is 4.05. The summed E-state index contributed by atoms with van der Waals surface area (Å²) in [7, 11) is 0. The highest BCUT2D eigenvalue weighted by Crippen LogP contribution is 2.06. The van der Waals surface area contributed by atoms with Gasteiger partial charge in [0.1, 0.15) is 0 Å². The Morgan fingerprint density at radius 2 is 2.17 bits per heavy atom. The van der Waals surface area contributed by atoms with Gasteiger partial charge in [0, 0.05) is 6.42 Å². The van der Waals surface area contributed by atoms with E-state index in [4.69, 9.17) is 10.8 Å². The second kappa shape index (κ2) is 6.22. The van der Waals surface area contributed by atoms with Crippen molar-refractivity contribution in [2.75, 3.05) is 0 Å². The maximum Gasteiger partial charge on any atom is 0.303 e. The summed E-state index contributed by atoms with van der Waals surface area (Å²) in [6.07, 6.45) is 7.00. The highest BCUT2D eigenvalue weighted by atomic mass is 16.4. The molecule has 0 radical (unpaired) electrons. The number of allylic oxidation sites excluding steroid dienone is 4. The molecule has 0 amide bonds. The Kier molecular flexibility index (Phi) is 5.43. The second-order valence-electron chi connectivity index (χ2n) is 2.23. The summed E-state index contributed by atoms with van der Waals surface area (Å²) in [4.78, 5) is 10.2. The van der Waals surface area contributed by atoms with Gasteiger partial charge in [0.05, 0.1) is 0 Å². The molecule has 0 spiro atoms. The van der Waals surface area contributed by atoms with Gasteiger partial charge in [-0.15, -0.1) is 0 Å². The molecule has 0 atom stereocenters. The summed E-state index contributed by atoms with van der Waals surface area (Å²) in [5.74, 6) is -0.810. The van der Waals surface area contributed by atoms with E-state index in [9.17, 15) is 4.79 Å². The van der Waals surface area contributed by atoms with Gasteiger partial charge in [-0.05, 0) is 24.3 Å². The van der Waals surface area contributed by atoms with E-state index in [0.717, 1.165) is 5.57 Å². The predicted octanol–water partition coefficient (Wildman–Crippen LogP) is 1.44. The number of hydrogen-bond donors (Lipinski definition) is 2. The maximum atomic E-state index is 10.2. The lowest BCUT2D eigenvalue weighted by Crippen LogP contribution is -1.94. The third-order valence-corrected chi connectivity index (χ3v) is 1.27. The van der Waals surface area contributed by atoms with E-state index < -0.39 is 5.97 Å². The summed E-state index contributed by atoms with van der Waals surface area (Å²) in [6.45, 7) is 3.51. The Labute approximate surface area is 71.9 Å². The minimum atomic E-state index is -0.810. The molecule has 0 aliphatic rings. The van der Waals surface area contributed by atoms with Crippen LogP contribution in [0.15, 0.2) is 36.6 Å². The number of rotatable bonds is 5. The van der Waals surface area contributed by atoms with Crippen LogP contribution in [0.2, 0.25) is 0 Å². The van der Waals surface area contributed by atoms with Crippen LogP contribution in [0.5, 0.6) is 0 Å². The Hall–Kier alpha value is -1.51. The number of hydrogen-bond acceptors (Lipinski definition) is 2. The predicted molar refractivity (Wildman–Crippen MR) is 48.5 cm³/mol. The lowest BCUT2D eigenvalue weighted by molar-refractivity contribution is -0.136. The second-order valence-corrected chi connectivity index (χ2v) is 2.23. The summed E-state index contributed by atoms with van der Waals surface area (Å²) < 4.78 is 0. The molecule has 0 aromatic rings. The van der Waals surface area contributed by atoms with Crippen molar-refractivity contribution in [3.05, 3.63) is 36.6 Å². The molecule has 0 heterocycles. The van der Waals surface area contributed by atoms with Crippen molar-refractivity contribution in [3.63, 3.8) is 0 Å². The van der Waals surface area contributed by atoms with Gasteiger partial charge in [-0.1, -0.05) is 18.7 Å². The third kappa shape index (κ3) is 5.29. The van der Waals surface area contributed by atoms with Gasteiger partial charge in [-0.2, -0.15) is 0 Å². The van der Waals surface area contributed by atoms with Crippen LogP contribution >= 0.6 is 0 Å². The van der Waals surface area contributed by atoms with Crippen LogP contribution in [0, 0.1) is 0 Å². The number of nitrogens with two attached hydrogens (primary N) is 1. The first-order chi connectivity index (χ1) is 5.70. The molecule has 0 unspecified atom stereocenters. The first-order valence-corrected chi connectivity index (χ1v) is 3.62. The lowest BCUT2D eigenvalue weighted by atomic mass is 10.1. The number of carboxylic acids is 1. The molecule has 3 heteroatoms. The molecule has 12 heavy (non-hydrogen) atoms. The first-order valence-electron chi connectivity index (χ1n) is 3.62. The van der Waals surface area contributed by atoms with Crippen LogP contribution in [0.3, 0.4) is 0 Å². The molecule has 0 fully saturated rings. The molecule has 3 N–H and O–H groups in total.